The molecule has 0 radical (unpaired) electrons. The lowest BCUT2D eigenvalue weighted by Gasteiger charge is -2.61. The number of carbonyl (C=O) groups is 2. The number of hydrogen-bond donors (Lipinski definition) is 1. The van der Waals surface area contributed by atoms with Gasteiger partial charge in [-0.3, -0.25) is 0 Å². The molecule has 4 unspecified atom stereocenters. The lowest BCUT2D eigenvalue weighted by molar-refractivity contribution is -0.144. The van der Waals surface area contributed by atoms with E-state index in [1.807, 2.05) is 0 Å². The zero-order valence-electron chi connectivity index (χ0n) is 30.6. The highest BCUT2D eigenvalue weighted by molar-refractivity contribution is 7.80. The summed E-state index contributed by atoms with van der Waals surface area (Å²) in [5.74, 6) is 7.12. The molecule has 4 aliphatic rings. The third-order valence-electron chi connectivity index (χ3n) is 14.5. The predicted octanol–water partition coefficient (Wildman–Crippen LogP) is 10.5. The molecule has 262 valence electrons. The molecule has 0 aromatic carbocycles. The van der Waals surface area contributed by atoms with Crippen LogP contribution < -0.4 is 0 Å². The van der Waals surface area contributed by atoms with Crippen LogP contribution in [0.15, 0.2) is 24.3 Å². The van der Waals surface area contributed by atoms with Crippen LogP contribution in [0, 0.1) is 70.0 Å². The first-order valence-electron chi connectivity index (χ1n) is 19.0. The number of ether oxygens (including phenoxy) is 2. The molecule has 5 heteroatoms. The number of fused-ring (bicyclic) bond motifs is 5. The molecule has 0 aliphatic heterocycles. The molecule has 0 heterocycles. The van der Waals surface area contributed by atoms with E-state index in [2.05, 4.69) is 67.3 Å². The second-order valence-electron chi connectivity index (χ2n) is 17.5. The highest BCUT2D eigenvalue weighted by atomic mass is 32.1. The molecular weight excluding hydrogens is 589 g/mol. The van der Waals surface area contributed by atoms with Gasteiger partial charge in [0.2, 0.25) is 0 Å². The van der Waals surface area contributed by atoms with Crippen LogP contribution in [0.3, 0.4) is 0 Å². The van der Waals surface area contributed by atoms with Gasteiger partial charge in [-0.05, 0) is 142 Å². The van der Waals surface area contributed by atoms with E-state index in [1.54, 1.807) is 6.92 Å². The Morgan fingerprint density at radius 2 is 1.48 bits per heavy atom. The molecule has 0 N–H and O–H groups in total. The zero-order chi connectivity index (χ0) is 33.8. The van der Waals surface area contributed by atoms with Crippen LogP contribution in [0.1, 0.15) is 132 Å². The average molecular weight is 657 g/mol. The quantitative estimate of drug-likeness (QED) is 0.108. The fraction of sp³-hybridized carbons (Fsp3) is 0.854. The average Bonchev–Trinajstić information content (AvgIpc) is 3.39. The van der Waals surface area contributed by atoms with Crippen LogP contribution in [0.25, 0.3) is 0 Å². The number of hydrogen-bond acceptors (Lipinski definition) is 5. The van der Waals surface area contributed by atoms with Crippen molar-refractivity contribution in [2.75, 3.05) is 19.0 Å². The fourth-order valence-corrected chi connectivity index (χ4v) is 11.1. The lowest BCUT2D eigenvalue weighted by atomic mass is 9.44. The first kappa shape index (κ1) is 37.6. The molecule has 4 aliphatic carbocycles. The molecule has 0 spiro atoms. The Labute approximate surface area is 288 Å². The summed E-state index contributed by atoms with van der Waals surface area (Å²) in [4.78, 5) is 24.4. The lowest BCUT2D eigenvalue weighted by Crippen LogP contribution is -2.53. The summed E-state index contributed by atoms with van der Waals surface area (Å²) in [6, 6.07) is 0. The van der Waals surface area contributed by atoms with Crippen LogP contribution in [-0.4, -0.2) is 30.9 Å². The number of thiol groups is 1. The molecule has 0 aromatic rings. The summed E-state index contributed by atoms with van der Waals surface area (Å²) < 4.78 is 11.1. The summed E-state index contributed by atoms with van der Waals surface area (Å²) >= 11 is 4.15. The van der Waals surface area contributed by atoms with Crippen LogP contribution >= 0.6 is 12.6 Å². The summed E-state index contributed by atoms with van der Waals surface area (Å²) in [6.45, 7) is 24.8. The van der Waals surface area contributed by atoms with Crippen LogP contribution in [-0.2, 0) is 19.1 Å². The summed E-state index contributed by atoms with van der Waals surface area (Å²) in [6.07, 6.45) is 17.4. The maximum Gasteiger partial charge on any atom is 0.334 e. The first-order chi connectivity index (χ1) is 21.7. The van der Waals surface area contributed by atoms with E-state index >= 15 is 0 Å². The van der Waals surface area contributed by atoms with E-state index < -0.39 is 5.97 Å². The van der Waals surface area contributed by atoms with E-state index in [0.29, 0.717) is 27.9 Å². The predicted molar refractivity (Wildman–Crippen MR) is 194 cm³/mol. The van der Waals surface area contributed by atoms with E-state index in [-0.39, 0.29) is 30.9 Å². The maximum atomic E-state index is 12.3. The maximum absolute atomic E-state index is 12.3. The van der Waals surface area contributed by atoms with Gasteiger partial charge in [0, 0.05) is 22.8 Å². The first-order valence-corrected chi connectivity index (χ1v) is 19.6. The minimum atomic E-state index is -0.413. The second kappa shape index (κ2) is 16.0. The van der Waals surface area contributed by atoms with Crippen molar-refractivity contribution in [3.8, 4) is 0 Å². The van der Waals surface area contributed by atoms with Gasteiger partial charge in [0.1, 0.15) is 0 Å². The minimum Gasteiger partial charge on any atom is -0.462 e. The summed E-state index contributed by atoms with van der Waals surface area (Å²) in [5.41, 5.74) is 1.78. The molecule has 4 nitrogen and oxygen atoms in total. The highest BCUT2D eigenvalue weighted by Crippen LogP contribution is 2.68. The third-order valence-corrected chi connectivity index (χ3v) is 14.8. The molecule has 11 atom stereocenters. The van der Waals surface area contributed by atoms with E-state index in [1.165, 1.54) is 70.6 Å². The summed E-state index contributed by atoms with van der Waals surface area (Å²) in [7, 11) is 0. The Balaban J connectivity index is 1.33. The number of esters is 2. The third kappa shape index (κ3) is 8.31. The molecule has 0 amide bonds. The smallest absolute Gasteiger partial charge is 0.334 e. The molecule has 4 fully saturated rings. The Morgan fingerprint density at radius 1 is 0.826 bits per heavy atom. The van der Waals surface area contributed by atoms with Crippen LogP contribution in [0.4, 0.5) is 0 Å². The van der Waals surface area contributed by atoms with Gasteiger partial charge in [-0.1, -0.05) is 67.5 Å². The van der Waals surface area contributed by atoms with Crippen molar-refractivity contribution in [1.82, 2.24) is 0 Å². The Hall–Kier alpha value is -1.23. The van der Waals surface area contributed by atoms with Crippen molar-refractivity contribution in [2.45, 2.75) is 132 Å². The molecule has 4 saturated carbocycles. The van der Waals surface area contributed by atoms with Gasteiger partial charge in [0.05, 0.1) is 13.2 Å². The van der Waals surface area contributed by atoms with Crippen molar-refractivity contribution < 1.29 is 19.1 Å². The van der Waals surface area contributed by atoms with Crippen LogP contribution in [0.5, 0.6) is 0 Å². The normalized spacial score (nSPS) is 35.7. The van der Waals surface area contributed by atoms with E-state index in [9.17, 15) is 9.59 Å². The largest absolute Gasteiger partial charge is 0.462 e. The van der Waals surface area contributed by atoms with Gasteiger partial charge in [0.15, 0.2) is 0 Å². The topological polar surface area (TPSA) is 52.6 Å². The standard InChI is InChI=1S/C41H68O4S/c1-26(2)28(5)10-11-29(6)35-16-17-36-34-15-14-33-22-31(18-20-40(33,8)37(34)19-21-41(35,36)9)12-13-32(23-44-38(42)27(3)4)24-45-39(43)30(7)25-46/h26,28-29,31-37,46H,3,7,10-25H2,1-2,4-6,8-9H3/t28-,29-,31+,32?,33?,34+,35-,36?,37?,40+,41-/m1/s1. The number of rotatable bonds is 15. The van der Waals surface area contributed by atoms with Crippen molar-refractivity contribution in [1.29, 1.82) is 0 Å². The Bertz CT molecular complexity index is 1080. The summed E-state index contributed by atoms with van der Waals surface area (Å²) in [5, 5.41) is 0. The van der Waals surface area contributed by atoms with E-state index in [4.69, 9.17) is 9.47 Å². The zero-order valence-corrected chi connectivity index (χ0v) is 31.5. The van der Waals surface area contributed by atoms with Gasteiger partial charge in [-0.25, -0.2) is 9.59 Å². The molecule has 46 heavy (non-hydrogen) atoms. The number of carbonyl (C=O) groups excluding carboxylic acids is 2. The molecule has 0 bridgehead atoms. The Kier molecular flexibility index (Phi) is 13.1. The fourth-order valence-electron chi connectivity index (χ4n) is 11.0. The van der Waals surface area contributed by atoms with Crippen molar-refractivity contribution in [3.63, 3.8) is 0 Å². The van der Waals surface area contributed by atoms with Gasteiger partial charge < -0.3 is 9.47 Å². The Morgan fingerprint density at radius 3 is 2.13 bits per heavy atom. The van der Waals surface area contributed by atoms with Gasteiger partial charge in [0.25, 0.3) is 0 Å². The monoisotopic (exact) mass is 656 g/mol. The van der Waals surface area contributed by atoms with Crippen molar-refractivity contribution in [2.24, 2.45) is 70.0 Å². The highest BCUT2D eigenvalue weighted by Gasteiger charge is 2.60. The molecule has 4 rings (SSSR count). The minimum absolute atomic E-state index is 0.0219. The molecule has 0 aromatic heterocycles. The van der Waals surface area contributed by atoms with Crippen molar-refractivity contribution >= 4 is 24.6 Å². The molecular formula is C41H68O4S. The van der Waals surface area contributed by atoms with E-state index in [0.717, 1.165) is 60.2 Å². The van der Waals surface area contributed by atoms with Crippen LogP contribution in [0.2, 0.25) is 0 Å². The van der Waals surface area contributed by atoms with Crippen molar-refractivity contribution in [3.05, 3.63) is 24.3 Å². The van der Waals surface area contributed by atoms with Gasteiger partial charge in [-0.2, -0.15) is 12.6 Å². The van der Waals surface area contributed by atoms with Gasteiger partial charge >= 0.3 is 11.9 Å². The van der Waals surface area contributed by atoms with Gasteiger partial charge in [-0.15, -0.1) is 0 Å². The SMILES string of the molecule is C=C(C)C(=O)OCC(CC[C@H]1CC[C@@]2(C)C(CC[C@@H]3C2CC[C@@]2(C)C3CC[C@@H]2[C@H](C)CC[C@@H](C)C(C)C)C1)COC(=O)C(=C)CS. The molecule has 0 saturated heterocycles. The second-order valence-corrected chi connectivity index (χ2v) is 17.8.